The zero-order chi connectivity index (χ0) is 12.9. The highest BCUT2D eigenvalue weighted by atomic mass is 32.2. The van der Waals surface area contributed by atoms with E-state index in [9.17, 15) is 0 Å². The molecule has 0 aliphatic carbocycles. The van der Waals surface area contributed by atoms with E-state index in [2.05, 4.69) is 40.7 Å². The minimum Gasteiger partial charge on any atom is -0.373 e. The minimum absolute atomic E-state index is 0.199. The molecule has 0 bridgehead atoms. The van der Waals surface area contributed by atoms with E-state index in [1.807, 2.05) is 31.1 Å². The molecule has 0 unspecified atom stereocenters. The lowest BCUT2D eigenvalue weighted by Crippen LogP contribution is -2.26. The van der Waals surface area contributed by atoms with E-state index in [1.54, 1.807) is 11.8 Å². The molecular formula is C11H20N4S2. The molecule has 0 aromatic carbocycles. The second-order valence-electron chi connectivity index (χ2n) is 4.19. The molecule has 1 aromatic rings. The molecule has 0 fully saturated rings. The lowest BCUT2D eigenvalue weighted by Gasteiger charge is -2.22. The second kappa shape index (κ2) is 6.35. The molecule has 6 heteroatoms. The highest BCUT2D eigenvalue weighted by Crippen LogP contribution is 2.22. The Bertz CT molecular complexity index is 346. The van der Waals surface area contributed by atoms with Crippen molar-refractivity contribution in [3.05, 3.63) is 6.07 Å². The molecule has 0 atom stereocenters. The number of thioether (sulfide) groups is 2. The number of aromatic nitrogens is 2. The Morgan fingerprint density at radius 1 is 1.24 bits per heavy atom. The molecule has 0 aliphatic rings. The van der Waals surface area contributed by atoms with Crippen molar-refractivity contribution < 1.29 is 0 Å². The summed E-state index contributed by atoms with van der Waals surface area (Å²) in [6.45, 7) is 5.29. The normalized spacial score (nSPS) is 11.4. The highest BCUT2D eigenvalue weighted by Gasteiger charge is 2.15. The maximum atomic E-state index is 4.43. The van der Waals surface area contributed by atoms with Crippen molar-refractivity contribution in [2.75, 3.05) is 36.7 Å². The number of anilines is 2. The lowest BCUT2D eigenvalue weighted by molar-refractivity contribution is 0.747. The van der Waals surface area contributed by atoms with Gasteiger partial charge in [0.15, 0.2) is 5.16 Å². The van der Waals surface area contributed by atoms with Crippen molar-refractivity contribution in [2.24, 2.45) is 0 Å². The first kappa shape index (κ1) is 14.4. The second-order valence-corrected chi connectivity index (χ2v) is 6.48. The summed E-state index contributed by atoms with van der Waals surface area (Å²) >= 11 is 3.38. The van der Waals surface area contributed by atoms with Crippen LogP contribution < -0.4 is 10.6 Å². The fourth-order valence-electron chi connectivity index (χ4n) is 1.11. The van der Waals surface area contributed by atoms with E-state index >= 15 is 0 Å². The van der Waals surface area contributed by atoms with Gasteiger partial charge >= 0.3 is 0 Å². The van der Waals surface area contributed by atoms with Gasteiger partial charge < -0.3 is 10.6 Å². The summed E-state index contributed by atoms with van der Waals surface area (Å²) in [5.74, 6) is 1.71. The summed E-state index contributed by atoms with van der Waals surface area (Å²) in [5.41, 5.74) is 0. The van der Waals surface area contributed by atoms with Gasteiger partial charge in [-0.15, -0.1) is 0 Å². The van der Waals surface area contributed by atoms with E-state index in [1.165, 1.54) is 0 Å². The smallest absolute Gasteiger partial charge is 0.191 e. The van der Waals surface area contributed by atoms with Crippen molar-refractivity contribution in [2.45, 2.75) is 23.8 Å². The van der Waals surface area contributed by atoms with Crippen LogP contribution in [0.1, 0.15) is 13.8 Å². The molecule has 4 nitrogen and oxygen atoms in total. The van der Waals surface area contributed by atoms with Gasteiger partial charge in [0.25, 0.3) is 0 Å². The summed E-state index contributed by atoms with van der Waals surface area (Å²) in [6, 6.07) is 1.93. The standard InChI is InChI=1S/C11H20N4S2/c1-11(2,17-5)7-13-9-6-8(12-3)14-10(15-9)16-4/h6H,7H2,1-5H3,(H2,12,13,14,15). The minimum atomic E-state index is 0.199. The number of nitrogens with one attached hydrogen (secondary N) is 2. The average Bonchev–Trinajstić information content (AvgIpc) is 2.36. The van der Waals surface area contributed by atoms with Gasteiger partial charge in [0.2, 0.25) is 0 Å². The van der Waals surface area contributed by atoms with Crippen LogP contribution in [0, 0.1) is 0 Å². The van der Waals surface area contributed by atoms with Crippen LogP contribution in [-0.4, -0.2) is 40.8 Å². The van der Waals surface area contributed by atoms with E-state index < -0.39 is 0 Å². The maximum absolute atomic E-state index is 4.43. The van der Waals surface area contributed by atoms with Gasteiger partial charge in [0.1, 0.15) is 11.6 Å². The third-order valence-electron chi connectivity index (χ3n) is 2.39. The van der Waals surface area contributed by atoms with Crippen molar-refractivity contribution in [1.29, 1.82) is 0 Å². The molecule has 17 heavy (non-hydrogen) atoms. The molecule has 96 valence electrons. The van der Waals surface area contributed by atoms with Gasteiger partial charge in [0, 0.05) is 24.4 Å². The first-order valence-corrected chi connectivity index (χ1v) is 7.85. The van der Waals surface area contributed by atoms with Gasteiger partial charge in [-0.2, -0.15) is 11.8 Å². The molecule has 0 amide bonds. The molecule has 0 radical (unpaired) electrons. The molecule has 1 aromatic heterocycles. The molecule has 1 rings (SSSR count). The van der Waals surface area contributed by atoms with Crippen LogP contribution in [0.3, 0.4) is 0 Å². The zero-order valence-corrected chi connectivity index (χ0v) is 12.6. The molecule has 0 saturated heterocycles. The Morgan fingerprint density at radius 3 is 2.41 bits per heavy atom. The van der Waals surface area contributed by atoms with Gasteiger partial charge in [-0.05, 0) is 26.4 Å². The average molecular weight is 272 g/mol. The zero-order valence-electron chi connectivity index (χ0n) is 11.0. The van der Waals surface area contributed by atoms with Crippen LogP contribution in [0.15, 0.2) is 11.2 Å². The van der Waals surface area contributed by atoms with Gasteiger partial charge in [-0.3, -0.25) is 0 Å². The van der Waals surface area contributed by atoms with E-state index in [0.29, 0.717) is 0 Å². The summed E-state index contributed by atoms with van der Waals surface area (Å²) < 4.78 is 0.199. The van der Waals surface area contributed by atoms with Crippen LogP contribution in [0.5, 0.6) is 0 Å². The third-order valence-corrected chi connectivity index (χ3v) is 4.19. The quantitative estimate of drug-likeness (QED) is 0.613. The molecule has 0 spiro atoms. The Labute approximate surface area is 112 Å². The monoisotopic (exact) mass is 272 g/mol. The fourth-order valence-corrected chi connectivity index (χ4v) is 1.71. The molecular weight excluding hydrogens is 252 g/mol. The number of nitrogens with zero attached hydrogens (tertiary/aromatic N) is 2. The first-order chi connectivity index (χ1) is 8.00. The lowest BCUT2D eigenvalue weighted by atomic mass is 10.2. The largest absolute Gasteiger partial charge is 0.373 e. The van der Waals surface area contributed by atoms with Crippen LogP contribution in [0.25, 0.3) is 0 Å². The van der Waals surface area contributed by atoms with E-state index in [0.717, 1.165) is 23.3 Å². The van der Waals surface area contributed by atoms with E-state index in [-0.39, 0.29) is 4.75 Å². The van der Waals surface area contributed by atoms with Crippen molar-refractivity contribution in [3.8, 4) is 0 Å². The van der Waals surface area contributed by atoms with Crippen LogP contribution in [0.2, 0.25) is 0 Å². The maximum Gasteiger partial charge on any atom is 0.191 e. The Morgan fingerprint density at radius 2 is 1.88 bits per heavy atom. The van der Waals surface area contributed by atoms with E-state index in [4.69, 9.17) is 0 Å². The van der Waals surface area contributed by atoms with Crippen LogP contribution >= 0.6 is 23.5 Å². The van der Waals surface area contributed by atoms with Crippen molar-refractivity contribution in [3.63, 3.8) is 0 Å². The topological polar surface area (TPSA) is 49.8 Å². The fraction of sp³-hybridized carbons (Fsp3) is 0.636. The summed E-state index contributed by atoms with van der Waals surface area (Å²) in [6.07, 6.45) is 4.10. The first-order valence-electron chi connectivity index (χ1n) is 5.40. The van der Waals surface area contributed by atoms with Crippen molar-refractivity contribution in [1.82, 2.24) is 9.97 Å². The summed E-state index contributed by atoms with van der Waals surface area (Å²) in [7, 11) is 1.86. The Hall–Kier alpha value is -0.620. The molecule has 2 N–H and O–H groups in total. The Balaban J connectivity index is 2.76. The molecule has 0 aliphatic heterocycles. The van der Waals surface area contributed by atoms with Gasteiger partial charge in [-0.25, -0.2) is 9.97 Å². The molecule has 0 saturated carbocycles. The summed E-state index contributed by atoms with van der Waals surface area (Å²) in [5, 5.41) is 7.18. The molecule has 1 heterocycles. The van der Waals surface area contributed by atoms with Gasteiger partial charge in [0.05, 0.1) is 0 Å². The van der Waals surface area contributed by atoms with Crippen LogP contribution in [-0.2, 0) is 0 Å². The number of hydrogen-bond acceptors (Lipinski definition) is 6. The Kier molecular flexibility index (Phi) is 5.39. The predicted molar refractivity (Wildman–Crippen MR) is 79.4 cm³/mol. The SMILES string of the molecule is CNc1cc(NCC(C)(C)SC)nc(SC)n1. The highest BCUT2D eigenvalue weighted by molar-refractivity contribution is 8.00. The predicted octanol–water partition coefficient (Wildman–Crippen LogP) is 2.79. The number of rotatable bonds is 6. The van der Waals surface area contributed by atoms with Crippen LogP contribution in [0.4, 0.5) is 11.6 Å². The summed E-state index contributed by atoms with van der Waals surface area (Å²) in [4.78, 5) is 8.76. The van der Waals surface area contributed by atoms with Crippen molar-refractivity contribution >= 4 is 35.2 Å². The van der Waals surface area contributed by atoms with Gasteiger partial charge in [-0.1, -0.05) is 11.8 Å². The third kappa shape index (κ3) is 4.63. The number of hydrogen-bond donors (Lipinski definition) is 2.